The van der Waals surface area contributed by atoms with Crippen LogP contribution in [0.1, 0.15) is 51.9 Å². The number of nitrogens with one attached hydrogen (secondary N) is 1. The quantitative estimate of drug-likeness (QED) is 0.730. The molecule has 0 saturated heterocycles. The number of carbonyl (C=O) groups is 2. The highest BCUT2D eigenvalue weighted by Gasteiger charge is 2.39. The van der Waals surface area contributed by atoms with E-state index in [1.165, 1.54) is 0 Å². The van der Waals surface area contributed by atoms with Crippen molar-refractivity contribution in [3.63, 3.8) is 0 Å². The van der Waals surface area contributed by atoms with Gasteiger partial charge < -0.3 is 15.5 Å². The standard InChI is InChI=1S/C15H25NO4/c1-10-4-3-7-15(20,8-10)9-16-13(17)11-5-2-6-12(11)14(18)19/h10-12,20H,2-9H2,1H3,(H,16,17)(H,18,19)/t10?,11-,12+,15?/m1/s1. The van der Waals surface area contributed by atoms with E-state index in [-0.39, 0.29) is 12.5 Å². The molecule has 2 aliphatic rings. The van der Waals surface area contributed by atoms with Gasteiger partial charge in [0, 0.05) is 6.54 Å². The van der Waals surface area contributed by atoms with Gasteiger partial charge in [0.1, 0.15) is 0 Å². The van der Waals surface area contributed by atoms with Crippen LogP contribution in [0.3, 0.4) is 0 Å². The number of rotatable bonds is 4. The van der Waals surface area contributed by atoms with Crippen LogP contribution in [0.2, 0.25) is 0 Å². The normalized spacial score (nSPS) is 37.6. The SMILES string of the molecule is CC1CCCC(O)(CNC(=O)[C@@H]2CCC[C@@H]2C(=O)O)C1. The molecule has 0 radical (unpaired) electrons. The summed E-state index contributed by atoms with van der Waals surface area (Å²) in [7, 11) is 0. The highest BCUT2D eigenvalue weighted by molar-refractivity contribution is 5.85. The number of aliphatic carboxylic acids is 1. The maximum Gasteiger partial charge on any atom is 0.307 e. The van der Waals surface area contributed by atoms with Gasteiger partial charge in [0.05, 0.1) is 17.4 Å². The first-order valence-electron chi connectivity index (χ1n) is 7.64. The van der Waals surface area contributed by atoms with E-state index in [1.807, 2.05) is 0 Å². The Morgan fingerprint density at radius 3 is 2.55 bits per heavy atom. The van der Waals surface area contributed by atoms with Crippen molar-refractivity contribution in [2.75, 3.05) is 6.54 Å². The second-order valence-corrected chi connectivity index (χ2v) is 6.63. The predicted octanol–water partition coefficient (Wildman–Crippen LogP) is 1.54. The summed E-state index contributed by atoms with van der Waals surface area (Å²) in [5.74, 6) is -1.61. The van der Waals surface area contributed by atoms with Gasteiger partial charge in [-0.05, 0) is 31.6 Å². The summed E-state index contributed by atoms with van der Waals surface area (Å²) >= 11 is 0. The third-order valence-corrected chi connectivity index (χ3v) is 4.83. The molecule has 2 unspecified atom stereocenters. The van der Waals surface area contributed by atoms with Gasteiger partial charge in [-0.15, -0.1) is 0 Å². The summed E-state index contributed by atoms with van der Waals surface area (Å²) in [5.41, 5.74) is -0.815. The Bertz CT molecular complexity index is 384. The third kappa shape index (κ3) is 3.51. The van der Waals surface area contributed by atoms with Gasteiger partial charge >= 0.3 is 5.97 Å². The first-order chi connectivity index (χ1) is 9.41. The summed E-state index contributed by atoms with van der Waals surface area (Å²) in [6.45, 7) is 2.36. The lowest BCUT2D eigenvalue weighted by Crippen LogP contribution is -2.47. The number of carbonyl (C=O) groups excluding carboxylic acids is 1. The van der Waals surface area contributed by atoms with E-state index in [4.69, 9.17) is 5.11 Å². The van der Waals surface area contributed by atoms with E-state index in [2.05, 4.69) is 12.2 Å². The number of aliphatic hydroxyl groups is 1. The lowest BCUT2D eigenvalue weighted by molar-refractivity contribution is -0.146. The molecule has 2 fully saturated rings. The molecule has 0 aliphatic heterocycles. The van der Waals surface area contributed by atoms with Gasteiger partial charge in [0.25, 0.3) is 0 Å². The molecule has 0 heterocycles. The van der Waals surface area contributed by atoms with E-state index in [1.54, 1.807) is 0 Å². The Morgan fingerprint density at radius 2 is 1.90 bits per heavy atom. The van der Waals surface area contributed by atoms with Crippen molar-refractivity contribution in [3.8, 4) is 0 Å². The van der Waals surface area contributed by atoms with Crippen LogP contribution in [0.15, 0.2) is 0 Å². The van der Waals surface area contributed by atoms with Crippen molar-refractivity contribution >= 4 is 11.9 Å². The van der Waals surface area contributed by atoms with E-state index in [9.17, 15) is 14.7 Å². The summed E-state index contributed by atoms with van der Waals surface area (Å²) in [4.78, 5) is 23.2. The zero-order chi connectivity index (χ0) is 14.8. The van der Waals surface area contributed by atoms with Crippen molar-refractivity contribution in [3.05, 3.63) is 0 Å². The maximum atomic E-state index is 12.1. The summed E-state index contributed by atoms with van der Waals surface area (Å²) in [6, 6.07) is 0. The van der Waals surface area contributed by atoms with Crippen LogP contribution in [0.5, 0.6) is 0 Å². The van der Waals surface area contributed by atoms with Crippen LogP contribution in [0.25, 0.3) is 0 Å². The molecule has 5 nitrogen and oxygen atoms in total. The molecule has 2 rings (SSSR count). The van der Waals surface area contributed by atoms with E-state index in [0.717, 1.165) is 19.3 Å². The van der Waals surface area contributed by atoms with Crippen molar-refractivity contribution in [1.29, 1.82) is 0 Å². The Morgan fingerprint density at radius 1 is 1.20 bits per heavy atom. The maximum absolute atomic E-state index is 12.1. The van der Waals surface area contributed by atoms with Gasteiger partial charge in [0.2, 0.25) is 5.91 Å². The molecule has 4 atom stereocenters. The highest BCUT2D eigenvalue weighted by atomic mass is 16.4. The molecule has 0 bridgehead atoms. The summed E-state index contributed by atoms with van der Waals surface area (Å²) in [5, 5.41) is 22.4. The number of hydrogen-bond donors (Lipinski definition) is 3. The average molecular weight is 283 g/mol. The molecule has 0 aromatic carbocycles. The molecule has 0 aromatic heterocycles. The second kappa shape index (κ2) is 6.12. The average Bonchev–Trinajstić information content (AvgIpc) is 2.85. The molecule has 114 valence electrons. The first kappa shape index (κ1) is 15.3. The summed E-state index contributed by atoms with van der Waals surface area (Å²) in [6.07, 6.45) is 5.53. The second-order valence-electron chi connectivity index (χ2n) is 6.63. The topological polar surface area (TPSA) is 86.6 Å². The lowest BCUT2D eigenvalue weighted by Gasteiger charge is -2.36. The molecule has 1 amide bonds. The molecular formula is C15H25NO4. The zero-order valence-corrected chi connectivity index (χ0v) is 12.1. The minimum atomic E-state index is -0.882. The predicted molar refractivity (Wildman–Crippen MR) is 74.1 cm³/mol. The number of carboxylic acids is 1. The fraction of sp³-hybridized carbons (Fsp3) is 0.867. The summed E-state index contributed by atoms with van der Waals surface area (Å²) < 4.78 is 0. The zero-order valence-electron chi connectivity index (χ0n) is 12.1. The van der Waals surface area contributed by atoms with Crippen LogP contribution >= 0.6 is 0 Å². The largest absolute Gasteiger partial charge is 0.481 e. The monoisotopic (exact) mass is 283 g/mol. The Balaban J connectivity index is 1.87. The van der Waals surface area contributed by atoms with Crippen LogP contribution in [-0.4, -0.2) is 34.2 Å². The Labute approximate surface area is 119 Å². The number of amides is 1. The van der Waals surface area contributed by atoms with Crippen molar-refractivity contribution in [2.45, 2.75) is 57.5 Å². The molecule has 3 N–H and O–H groups in total. The number of hydrogen-bond acceptors (Lipinski definition) is 3. The fourth-order valence-electron chi connectivity index (χ4n) is 3.75. The molecule has 2 saturated carbocycles. The van der Waals surface area contributed by atoms with Crippen molar-refractivity contribution in [2.24, 2.45) is 17.8 Å². The fourth-order valence-corrected chi connectivity index (χ4v) is 3.75. The van der Waals surface area contributed by atoms with E-state index < -0.39 is 23.4 Å². The molecule has 0 aromatic rings. The molecular weight excluding hydrogens is 258 g/mol. The molecule has 20 heavy (non-hydrogen) atoms. The van der Waals surface area contributed by atoms with Crippen LogP contribution in [0, 0.1) is 17.8 Å². The molecule has 0 spiro atoms. The van der Waals surface area contributed by atoms with Crippen LogP contribution < -0.4 is 5.32 Å². The minimum Gasteiger partial charge on any atom is -0.481 e. The Kier molecular flexibility index (Phi) is 4.68. The van der Waals surface area contributed by atoms with Gasteiger partial charge in [0.15, 0.2) is 0 Å². The van der Waals surface area contributed by atoms with Gasteiger partial charge in [-0.2, -0.15) is 0 Å². The first-order valence-corrected chi connectivity index (χ1v) is 7.64. The molecule has 5 heteroatoms. The molecule has 2 aliphatic carbocycles. The van der Waals surface area contributed by atoms with Crippen LogP contribution in [-0.2, 0) is 9.59 Å². The highest BCUT2D eigenvalue weighted by Crippen LogP contribution is 2.34. The third-order valence-electron chi connectivity index (χ3n) is 4.83. The minimum absolute atomic E-state index is 0.207. The van der Waals surface area contributed by atoms with Crippen molar-refractivity contribution in [1.82, 2.24) is 5.32 Å². The van der Waals surface area contributed by atoms with Crippen molar-refractivity contribution < 1.29 is 19.8 Å². The van der Waals surface area contributed by atoms with E-state index in [0.29, 0.717) is 31.6 Å². The number of carboxylic acid groups (broad SMARTS) is 1. The smallest absolute Gasteiger partial charge is 0.307 e. The lowest BCUT2D eigenvalue weighted by atomic mass is 9.79. The van der Waals surface area contributed by atoms with Gasteiger partial charge in [-0.25, -0.2) is 0 Å². The van der Waals surface area contributed by atoms with Gasteiger partial charge in [-0.3, -0.25) is 9.59 Å². The van der Waals surface area contributed by atoms with E-state index >= 15 is 0 Å². The van der Waals surface area contributed by atoms with Gasteiger partial charge in [-0.1, -0.05) is 26.2 Å². The van der Waals surface area contributed by atoms with Crippen LogP contribution in [0.4, 0.5) is 0 Å². The Hall–Kier alpha value is -1.10.